The molecular weight excluding hydrogens is 410 g/mol. The second-order valence-electron chi connectivity index (χ2n) is 4.46. The second-order valence-corrected chi connectivity index (χ2v) is 6.00. The molecular formula is C13H11ClFIN4O. The van der Waals surface area contributed by atoms with Crippen LogP contribution in [0.25, 0.3) is 11.0 Å². The van der Waals surface area contributed by atoms with Gasteiger partial charge in [-0.2, -0.15) is 4.98 Å². The normalized spacial score (nSPS) is 11.4. The highest BCUT2D eigenvalue weighted by molar-refractivity contribution is 14.1. The number of alkyl halides is 1. The standard InChI is InChI=1S/C13H11ClFIN4O/c14-3-1-12-19-10-6-9(16)8(15)5-11(10)20(12)4-2-13-17-7-18-21-13/h5-7H,1-4H2. The molecule has 0 spiro atoms. The highest BCUT2D eigenvalue weighted by Gasteiger charge is 2.14. The van der Waals surface area contributed by atoms with Gasteiger partial charge in [0.15, 0.2) is 6.33 Å². The first-order valence-electron chi connectivity index (χ1n) is 6.34. The summed E-state index contributed by atoms with van der Waals surface area (Å²) in [4.78, 5) is 8.53. The van der Waals surface area contributed by atoms with Crippen molar-refractivity contribution < 1.29 is 8.91 Å². The zero-order chi connectivity index (χ0) is 14.8. The molecule has 0 amide bonds. The van der Waals surface area contributed by atoms with Crippen LogP contribution in [0, 0.1) is 9.39 Å². The van der Waals surface area contributed by atoms with E-state index in [1.165, 1.54) is 12.4 Å². The first-order chi connectivity index (χ1) is 10.2. The molecule has 0 atom stereocenters. The van der Waals surface area contributed by atoms with Gasteiger partial charge in [0.2, 0.25) is 5.89 Å². The Morgan fingerprint density at radius 3 is 2.90 bits per heavy atom. The fourth-order valence-electron chi connectivity index (χ4n) is 2.21. The van der Waals surface area contributed by atoms with Crippen molar-refractivity contribution in [2.75, 3.05) is 5.88 Å². The predicted molar refractivity (Wildman–Crippen MR) is 84.8 cm³/mol. The van der Waals surface area contributed by atoms with Crippen LogP contribution in [-0.4, -0.2) is 25.6 Å². The number of benzene rings is 1. The summed E-state index contributed by atoms with van der Waals surface area (Å²) in [7, 11) is 0. The third-order valence-corrected chi connectivity index (χ3v) is 4.16. The van der Waals surface area contributed by atoms with Gasteiger partial charge in [0.05, 0.1) is 14.6 Å². The minimum absolute atomic E-state index is 0.250. The van der Waals surface area contributed by atoms with Crippen molar-refractivity contribution in [3.8, 4) is 0 Å². The second kappa shape index (κ2) is 6.27. The van der Waals surface area contributed by atoms with Gasteiger partial charge < -0.3 is 9.09 Å². The van der Waals surface area contributed by atoms with Crippen LogP contribution in [0.15, 0.2) is 23.0 Å². The topological polar surface area (TPSA) is 56.7 Å². The van der Waals surface area contributed by atoms with E-state index in [1.807, 2.05) is 27.2 Å². The molecule has 2 aromatic heterocycles. The highest BCUT2D eigenvalue weighted by atomic mass is 127. The summed E-state index contributed by atoms with van der Waals surface area (Å²) in [6.45, 7) is 0.588. The van der Waals surface area contributed by atoms with Crippen LogP contribution < -0.4 is 0 Å². The first-order valence-corrected chi connectivity index (χ1v) is 7.96. The van der Waals surface area contributed by atoms with Gasteiger partial charge in [-0.05, 0) is 28.7 Å². The molecule has 0 unspecified atom stereocenters. The molecule has 0 aliphatic heterocycles. The molecule has 3 aromatic rings. The number of hydrogen-bond acceptors (Lipinski definition) is 4. The predicted octanol–water partition coefficient (Wildman–Crippen LogP) is 3.19. The average Bonchev–Trinajstić information content (AvgIpc) is 3.06. The minimum Gasteiger partial charge on any atom is -0.340 e. The monoisotopic (exact) mass is 420 g/mol. The molecule has 21 heavy (non-hydrogen) atoms. The molecule has 5 nitrogen and oxygen atoms in total. The van der Waals surface area contributed by atoms with Gasteiger partial charge in [0, 0.05) is 31.3 Å². The summed E-state index contributed by atoms with van der Waals surface area (Å²) < 4.78 is 21.3. The van der Waals surface area contributed by atoms with E-state index in [0.717, 1.165) is 16.9 Å². The van der Waals surface area contributed by atoms with Crippen molar-refractivity contribution in [2.24, 2.45) is 0 Å². The lowest BCUT2D eigenvalue weighted by Crippen LogP contribution is -2.07. The van der Waals surface area contributed by atoms with Crippen LogP contribution in [0.3, 0.4) is 0 Å². The fraction of sp³-hybridized carbons (Fsp3) is 0.308. The summed E-state index contributed by atoms with van der Waals surface area (Å²) in [6, 6.07) is 3.25. The van der Waals surface area contributed by atoms with Gasteiger partial charge in [-0.3, -0.25) is 0 Å². The summed E-state index contributed by atoms with van der Waals surface area (Å²) in [6.07, 6.45) is 2.55. The van der Waals surface area contributed by atoms with Crippen molar-refractivity contribution in [1.82, 2.24) is 19.7 Å². The number of fused-ring (bicyclic) bond motifs is 1. The maximum Gasteiger partial charge on any atom is 0.228 e. The average molecular weight is 421 g/mol. The van der Waals surface area contributed by atoms with E-state index in [9.17, 15) is 4.39 Å². The quantitative estimate of drug-likeness (QED) is 0.470. The van der Waals surface area contributed by atoms with Crippen LogP contribution >= 0.6 is 34.2 Å². The van der Waals surface area contributed by atoms with Crippen LogP contribution in [0.1, 0.15) is 11.7 Å². The summed E-state index contributed by atoms with van der Waals surface area (Å²) >= 11 is 7.79. The van der Waals surface area contributed by atoms with Crippen LogP contribution in [0.2, 0.25) is 0 Å². The number of aromatic nitrogens is 4. The van der Waals surface area contributed by atoms with Gasteiger partial charge in [-0.15, -0.1) is 11.6 Å². The SMILES string of the molecule is Fc1cc2c(cc1I)nc(CCCl)n2CCc1ncno1. The first kappa shape index (κ1) is 14.7. The van der Waals surface area contributed by atoms with Gasteiger partial charge in [-0.1, -0.05) is 5.16 Å². The highest BCUT2D eigenvalue weighted by Crippen LogP contribution is 2.22. The van der Waals surface area contributed by atoms with Crippen molar-refractivity contribution in [1.29, 1.82) is 0 Å². The van der Waals surface area contributed by atoms with Gasteiger partial charge >= 0.3 is 0 Å². The summed E-state index contributed by atoms with van der Waals surface area (Å²) in [5, 5.41) is 3.58. The van der Waals surface area contributed by atoms with Gasteiger partial charge in [0.25, 0.3) is 0 Å². The van der Waals surface area contributed by atoms with Crippen molar-refractivity contribution >= 4 is 45.2 Å². The van der Waals surface area contributed by atoms with E-state index < -0.39 is 0 Å². The summed E-state index contributed by atoms with van der Waals surface area (Å²) in [5.74, 6) is 1.59. The summed E-state index contributed by atoms with van der Waals surface area (Å²) in [5.41, 5.74) is 1.53. The number of aryl methyl sites for hydroxylation is 3. The number of hydrogen-bond donors (Lipinski definition) is 0. The lowest BCUT2D eigenvalue weighted by molar-refractivity contribution is 0.371. The van der Waals surface area contributed by atoms with E-state index in [4.69, 9.17) is 16.1 Å². The zero-order valence-electron chi connectivity index (χ0n) is 10.9. The third-order valence-electron chi connectivity index (χ3n) is 3.14. The Kier molecular flexibility index (Phi) is 4.39. The van der Waals surface area contributed by atoms with E-state index >= 15 is 0 Å². The van der Waals surface area contributed by atoms with E-state index in [-0.39, 0.29) is 5.82 Å². The molecule has 0 radical (unpaired) electrons. The third kappa shape index (κ3) is 3.03. The Morgan fingerprint density at radius 2 is 2.19 bits per heavy atom. The smallest absolute Gasteiger partial charge is 0.228 e. The Bertz CT molecular complexity index is 759. The molecule has 0 aliphatic carbocycles. The Balaban J connectivity index is 2.00. The molecule has 0 N–H and O–H groups in total. The maximum atomic E-state index is 13.8. The molecule has 0 saturated carbocycles. The minimum atomic E-state index is -0.250. The Labute approximate surface area is 138 Å². The van der Waals surface area contributed by atoms with Crippen LogP contribution in [-0.2, 0) is 19.4 Å². The molecule has 0 bridgehead atoms. The molecule has 2 heterocycles. The van der Waals surface area contributed by atoms with Crippen molar-refractivity contribution in [2.45, 2.75) is 19.4 Å². The fourth-order valence-corrected chi connectivity index (χ4v) is 2.83. The largest absolute Gasteiger partial charge is 0.340 e. The molecule has 0 saturated heterocycles. The van der Waals surface area contributed by atoms with E-state index in [0.29, 0.717) is 34.7 Å². The molecule has 1 aromatic carbocycles. The van der Waals surface area contributed by atoms with E-state index in [1.54, 1.807) is 6.07 Å². The van der Waals surface area contributed by atoms with Crippen molar-refractivity contribution in [3.63, 3.8) is 0 Å². The van der Waals surface area contributed by atoms with Crippen LogP contribution in [0.5, 0.6) is 0 Å². The lowest BCUT2D eigenvalue weighted by atomic mass is 10.3. The van der Waals surface area contributed by atoms with E-state index in [2.05, 4.69) is 15.1 Å². The van der Waals surface area contributed by atoms with Crippen molar-refractivity contribution in [3.05, 3.63) is 39.6 Å². The zero-order valence-corrected chi connectivity index (χ0v) is 13.8. The lowest BCUT2D eigenvalue weighted by Gasteiger charge is -2.07. The molecule has 0 aliphatic rings. The molecule has 8 heteroatoms. The molecule has 110 valence electrons. The Morgan fingerprint density at radius 1 is 1.33 bits per heavy atom. The van der Waals surface area contributed by atoms with Gasteiger partial charge in [-0.25, -0.2) is 9.37 Å². The number of rotatable bonds is 5. The molecule has 0 fully saturated rings. The number of nitrogens with zero attached hydrogens (tertiary/aromatic N) is 4. The number of imidazole rings is 1. The molecule has 3 rings (SSSR count). The number of halogens is 3. The maximum absolute atomic E-state index is 13.8. The van der Waals surface area contributed by atoms with Crippen LogP contribution in [0.4, 0.5) is 4.39 Å². The Hall–Kier alpha value is -1.22. The van der Waals surface area contributed by atoms with Gasteiger partial charge in [0.1, 0.15) is 11.6 Å².